The molecule has 0 aliphatic carbocycles. The molecule has 8 heteroatoms. The average Bonchev–Trinajstić information content (AvgIpc) is 3.40. The summed E-state index contributed by atoms with van der Waals surface area (Å²) in [5.41, 5.74) is 1.39. The van der Waals surface area contributed by atoms with E-state index in [4.69, 9.17) is 9.15 Å². The summed E-state index contributed by atoms with van der Waals surface area (Å²) in [6.07, 6.45) is 1.60. The molecule has 1 atom stereocenters. The van der Waals surface area contributed by atoms with E-state index in [0.29, 0.717) is 27.2 Å². The van der Waals surface area contributed by atoms with Crippen LogP contribution in [0.4, 0.5) is 5.13 Å². The Balaban J connectivity index is 1.75. The molecule has 0 N–H and O–H groups in total. The van der Waals surface area contributed by atoms with Crippen molar-refractivity contribution >= 4 is 39.3 Å². The number of thiazole rings is 1. The van der Waals surface area contributed by atoms with Crippen LogP contribution in [0.3, 0.4) is 0 Å². The van der Waals surface area contributed by atoms with Gasteiger partial charge in [0.25, 0.3) is 5.91 Å². The molecule has 5 rings (SSSR count). The Morgan fingerprint density at radius 1 is 1.13 bits per heavy atom. The van der Waals surface area contributed by atoms with Gasteiger partial charge in [-0.25, -0.2) is 9.78 Å². The number of para-hydroxylation sites is 1. The first-order chi connectivity index (χ1) is 14.6. The molecule has 30 heavy (non-hydrogen) atoms. The summed E-state index contributed by atoms with van der Waals surface area (Å²) in [6.45, 7) is 0. The predicted octanol–water partition coefficient (Wildman–Crippen LogP) is 3.79. The van der Waals surface area contributed by atoms with Gasteiger partial charge < -0.3 is 9.15 Å². The standard InChI is InChI=1S/C22H14N2O5S/c1-28-21(27)13-8-6-12(7-9-13)17-16-18(25)14-4-2-3-5-15(14)29-19(16)20(26)24(17)22-23-10-11-30-22/h2-11,17H,1H3/t17-/m1/s1. The average molecular weight is 418 g/mol. The van der Waals surface area contributed by atoms with E-state index >= 15 is 0 Å². The van der Waals surface area contributed by atoms with Crippen LogP contribution < -0.4 is 10.3 Å². The van der Waals surface area contributed by atoms with Gasteiger partial charge in [-0.1, -0.05) is 24.3 Å². The summed E-state index contributed by atoms with van der Waals surface area (Å²) in [6, 6.07) is 12.7. The monoisotopic (exact) mass is 418 g/mol. The van der Waals surface area contributed by atoms with Crippen LogP contribution in [0.5, 0.6) is 0 Å². The maximum Gasteiger partial charge on any atom is 0.337 e. The molecule has 1 aliphatic heterocycles. The molecule has 0 fully saturated rings. The molecule has 2 aromatic heterocycles. The molecular weight excluding hydrogens is 404 g/mol. The lowest BCUT2D eigenvalue weighted by Gasteiger charge is -2.22. The second-order valence-electron chi connectivity index (χ2n) is 6.68. The number of aromatic nitrogens is 1. The first-order valence-corrected chi connectivity index (χ1v) is 9.95. The first kappa shape index (κ1) is 18.3. The first-order valence-electron chi connectivity index (χ1n) is 9.07. The SMILES string of the molecule is COC(=O)c1ccc([C@@H]2c3c(oc4ccccc4c3=O)C(=O)N2c2nccs2)cc1. The Bertz CT molecular complexity index is 1340. The van der Waals surface area contributed by atoms with E-state index in [-0.39, 0.29) is 16.8 Å². The van der Waals surface area contributed by atoms with Crippen molar-refractivity contribution in [1.82, 2.24) is 4.98 Å². The normalized spacial score (nSPS) is 15.4. The van der Waals surface area contributed by atoms with E-state index in [2.05, 4.69) is 4.98 Å². The number of methoxy groups -OCH3 is 1. The summed E-state index contributed by atoms with van der Waals surface area (Å²) >= 11 is 1.29. The molecule has 0 spiro atoms. The van der Waals surface area contributed by atoms with Gasteiger partial charge in [-0.15, -0.1) is 11.3 Å². The Kier molecular flexibility index (Phi) is 4.22. The van der Waals surface area contributed by atoms with Crippen LogP contribution in [0, 0.1) is 0 Å². The topological polar surface area (TPSA) is 89.7 Å². The van der Waals surface area contributed by atoms with E-state index < -0.39 is 17.9 Å². The molecule has 1 amide bonds. The number of ether oxygens (including phenoxy) is 1. The van der Waals surface area contributed by atoms with Gasteiger partial charge in [0, 0.05) is 11.6 Å². The van der Waals surface area contributed by atoms with Gasteiger partial charge in [-0.2, -0.15) is 0 Å². The van der Waals surface area contributed by atoms with E-state index in [1.54, 1.807) is 60.1 Å². The minimum atomic E-state index is -0.716. The molecule has 0 saturated carbocycles. The number of nitrogens with zero attached hydrogens (tertiary/aromatic N) is 2. The lowest BCUT2D eigenvalue weighted by Crippen LogP contribution is -2.29. The Hall–Kier alpha value is -3.78. The van der Waals surface area contributed by atoms with Gasteiger partial charge in [-0.05, 0) is 29.8 Å². The number of fused-ring (bicyclic) bond motifs is 2. The van der Waals surface area contributed by atoms with Crippen LogP contribution in [0.15, 0.2) is 69.3 Å². The Morgan fingerprint density at radius 3 is 2.60 bits per heavy atom. The number of carbonyl (C=O) groups is 2. The maximum atomic E-state index is 13.4. The van der Waals surface area contributed by atoms with Gasteiger partial charge in [0.1, 0.15) is 5.58 Å². The largest absolute Gasteiger partial charge is 0.465 e. The van der Waals surface area contributed by atoms with Gasteiger partial charge in [0.05, 0.1) is 29.7 Å². The number of rotatable bonds is 3. The highest BCUT2D eigenvalue weighted by molar-refractivity contribution is 7.13. The number of amides is 1. The van der Waals surface area contributed by atoms with Crippen LogP contribution >= 0.6 is 11.3 Å². The molecule has 0 radical (unpaired) electrons. The fourth-order valence-electron chi connectivity index (χ4n) is 3.69. The highest BCUT2D eigenvalue weighted by Gasteiger charge is 2.44. The third-order valence-corrected chi connectivity index (χ3v) is 5.82. The van der Waals surface area contributed by atoms with Crippen LogP contribution in [-0.2, 0) is 4.74 Å². The number of anilines is 1. The third-order valence-electron chi connectivity index (χ3n) is 5.05. The smallest absolute Gasteiger partial charge is 0.337 e. The molecule has 4 aromatic rings. The Labute approximate surface area is 174 Å². The van der Waals surface area contributed by atoms with E-state index in [9.17, 15) is 14.4 Å². The lowest BCUT2D eigenvalue weighted by atomic mass is 9.98. The lowest BCUT2D eigenvalue weighted by molar-refractivity contribution is 0.0600. The number of hydrogen-bond donors (Lipinski definition) is 0. The molecule has 7 nitrogen and oxygen atoms in total. The summed E-state index contributed by atoms with van der Waals surface area (Å²) in [7, 11) is 1.31. The summed E-state index contributed by atoms with van der Waals surface area (Å²) in [5.74, 6) is -0.882. The van der Waals surface area contributed by atoms with Crippen molar-refractivity contribution in [3.8, 4) is 0 Å². The van der Waals surface area contributed by atoms with Crippen molar-refractivity contribution in [2.45, 2.75) is 6.04 Å². The minimum Gasteiger partial charge on any atom is -0.465 e. The second-order valence-corrected chi connectivity index (χ2v) is 7.55. The van der Waals surface area contributed by atoms with Crippen molar-refractivity contribution in [2.24, 2.45) is 0 Å². The van der Waals surface area contributed by atoms with Crippen molar-refractivity contribution in [1.29, 1.82) is 0 Å². The molecule has 3 heterocycles. The third kappa shape index (κ3) is 2.65. The van der Waals surface area contributed by atoms with Crippen LogP contribution in [0.2, 0.25) is 0 Å². The Morgan fingerprint density at radius 2 is 1.90 bits per heavy atom. The fourth-order valence-corrected chi connectivity index (χ4v) is 4.35. The number of hydrogen-bond acceptors (Lipinski definition) is 7. The van der Waals surface area contributed by atoms with Gasteiger partial charge in [0.2, 0.25) is 5.76 Å². The fraction of sp³-hybridized carbons (Fsp3) is 0.0909. The quantitative estimate of drug-likeness (QED) is 0.470. The molecule has 148 valence electrons. The van der Waals surface area contributed by atoms with E-state index in [1.807, 2.05) is 0 Å². The van der Waals surface area contributed by atoms with Crippen molar-refractivity contribution in [3.05, 3.63) is 92.8 Å². The minimum absolute atomic E-state index is 0.0101. The second kappa shape index (κ2) is 6.93. The van der Waals surface area contributed by atoms with Gasteiger partial charge in [0.15, 0.2) is 10.6 Å². The van der Waals surface area contributed by atoms with Crippen LogP contribution in [-0.4, -0.2) is 24.0 Å². The summed E-state index contributed by atoms with van der Waals surface area (Å²) in [4.78, 5) is 44.2. The zero-order valence-corrected chi connectivity index (χ0v) is 16.5. The van der Waals surface area contributed by atoms with Gasteiger partial charge >= 0.3 is 5.97 Å². The highest BCUT2D eigenvalue weighted by atomic mass is 32.1. The van der Waals surface area contributed by atoms with Crippen molar-refractivity contribution in [3.63, 3.8) is 0 Å². The zero-order chi connectivity index (χ0) is 20.8. The van der Waals surface area contributed by atoms with Crippen LogP contribution in [0.1, 0.15) is 38.1 Å². The molecule has 1 aliphatic rings. The van der Waals surface area contributed by atoms with Crippen molar-refractivity contribution in [2.75, 3.05) is 12.0 Å². The maximum absolute atomic E-state index is 13.4. The molecular formula is C22H14N2O5S. The zero-order valence-electron chi connectivity index (χ0n) is 15.7. The molecule has 2 aromatic carbocycles. The predicted molar refractivity (Wildman–Crippen MR) is 111 cm³/mol. The number of benzene rings is 2. The molecule has 0 bridgehead atoms. The summed E-state index contributed by atoms with van der Waals surface area (Å²) in [5, 5.41) is 2.62. The van der Waals surface area contributed by atoms with E-state index in [1.165, 1.54) is 23.3 Å². The molecule has 0 saturated heterocycles. The number of carbonyl (C=O) groups excluding carboxylic acids is 2. The highest BCUT2D eigenvalue weighted by Crippen LogP contribution is 2.41. The van der Waals surface area contributed by atoms with Crippen LogP contribution in [0.25, 0.3) is 11.0 Å². The number of esters is 1. The van der Waals surface area contributed by atoms with E-state index in [0.717, 1.165) is 0 Å². The van der Waals surface area contributed by atoms with Crippen molar-refractivity contribution < 1.29 is 18.7 Å². The molecule has 0 unspecified atom stereocenters. The summed E-state index contributed by atoms with van der Waals surface area (Å²) < 4.78 is 10.6. The van der Waals surface area contributed by atoms with Gasteiger partial charge in [-0.3, -0.25) is 14.5 Å².